The molecule has 42 heavy (non-hydrogen) atoms. The number of nitrogens with one attached hydrogen (secondary N) is 1. The Morgan fingerprint density at radius 1 is 0.881 bits per heavy atom. The summed E-state index contributed by atoms with van der Waals surface area (Å²) in [5.41, 5.74) is 2.71. The smallest absolute Gasteiger partial charge is 0.253 e. The SMILES string of the molecule is CC(C)C[C@@H]1N[C@]2(C(=O)N(CC(=O)N3CCc4ccccc43)c3ccccc32)[C@H]2C(=O)N(Cc3ccccc3)C(=O)[C@@H]12. The van der Waals surface area contributed by atoms with E-state index in [4.69, 9.17) is 0 Å². The van der Waals surface area contributed by atoms with Crippen molar-refractivity contribution in [2.24, 2.45) is 17.8 Å². The Morgan fingerprint density at radius 2 is 1.57 bits per heavy atom. The summed E-state index contributed by atoms with van der Waals surface area (Å²) in [7, 11) is 0. The highest BCUT2D eigenvalue weighted by molar-refractivity contribution is 6.18. The molecule has 4 aliphatic heterocycles. The summed E-state index contributed by atoms with van der Waals surface area (Å²) in [5, 5.41) is 3.55. The third-order valence-electron chi connectivity index (χ3n) is 9.35. The van der Waals surface area contributed by atoms with Crippen LogP contribution in [0.2, 0.25) is 0 Å². The standard InChI is InChI=1S/C34H34N4O4/c1-21(2)18-25-29-30(32(41)38(31(29)40)19-22-10-4-3-5-11-22)34(35-25)24-13-7-9-15-27(24)37(33(34)42)20-28(39)36-17-16-23-12-6-8-14-26(23)36/h3-15,21,25,29-30,35H,16-20H2,1-2H3/t25-,29-,30+,34-/m0/s1. The first-order valence-electron chi connectivity index (χ1n) is 14.8. The Hall–Kier alpha value is -4.30. The molecule has 0 aliphatic carbocycles. The number of anilines is 2. The highest BCUT2D eigenvalue weighted by Crippen LogP contribution is 2.55. The number of fused-ring (bicyclic) bond motifs is 5. The first-order valence-corrected chi connectivity index (χ1v) is 14.8. The number of hydrogen-bond donors (Lipinski definition) is 1. The van der Waals surface area contributed by atoms with E-state index in [0.29, 0.717) is 24.2 Å². The molecule has 4 aliphatic rings. The van der Waals surface area contributed by atoms with Crippen molar-refractivity contribution in [1.29, 1.82) is 0 Å². The van der Waals surface area contributed by atoms with Crippen molar-refractivity contribution in [1.82, 2.24) is 10.2 Å². The van der Waals surface area contributed by atoms with Gasteiger partial charge in [0.2, 0.25) is 17.7 Å². The summed E-state index contributed by atoms with van der Waals surface area (Å²) in [6, 6.07) is 24.3. The lowest BCUT2D eigenvalue weighted by molar-refractivity contribution is -0.143. The fourth-order valence-corrected chi connectivity index (χ4v) is 7.61. The molecule has 0 aromatic heterocycles. The third kappa shape index (κ3) is 3.85. The van der Waals surface area contributed by atoms with Crippen molar-refractivity contribution < 1.29 is 19.2 Å². The maximum atomic E-state index is 14.7. The Labute approximate surface area is 245 Å². The van der Waals surface area contributed by atoms with E-state index in [2.05, 4.69) is 19.2 Å². The molecular weight excluding hydrogens is 528 g/mol. The average Bonchev–Trinajstić information content (AvgIpc) is 3.69. The van der Waals surface area contributed by atoms with Crippen LogP contribution >= 0.6 is 0 Å². The van der Waals surface area contributed by atoms with E-state index in [9.17, 15) is 19.2 Å². The zero-order valence-electron chi connectivity index (χ0n) is 23.8. The number of rotatable bonds is 6. The van der Waals surface area contributed by atoms with E-state index < -0.39 is 17.4 Å². The number of para-hydroxylation sites is 2. The summed E-state index contributed by atoms with van der Waals surface area (Å²) in [6.45, 7) is 4.74. The normalized spacial score (nSPS) is 26.0. The molecule has 8 nitrogen and oxygen atoms in total. The monoisotopic (exact) mass is 562 g/mol. The zero-order chi connectivity index (χ0) is 29.2. The molecule has 4 atom stereocenters. The largest absolute Gasteiger partial charge is 0.310 e. The molecule has 0 saturated carbocycles. The number of imide groups is 1. The van der Waals surface area contributed by atoms with Gasteiger partial charge in [0.1, 0.15) is 12.1 Å². The van der Waals surface area contributed by atoms with Crippen molar-refractivity contribution in [2.45, 2.75) is 44.8 Å². The van der Waals surface area contributed by atoms with Gasteiger partial charge in [0.15, 0.2) is 0 Å². The Morgan fingerprint density at radius 3 is 2.33 bits per heavy atom. The zero-order valence-corrected chi connectivity index (χ0v) is 23.8. The summed E-state index contributed by atoms with van der Waals surface area (Å²) in [6.07, 6.45) is 1.41. The van der Waals surface area contributed by atoms with Crippen molar-refractivity contribution in [2.75, 3.05) is 22.9 Å². The molecule has 4 heterocycles. The number of amides is 4. The predicted molar refractivity (Wildman–Crippen MR) is 158 cm³/mol. The quantitative estimate of drug-likeness (QED) is 0.464. The molecule has 3 aromatic rings. The molecule has 0 bridgehead atoms. The number of carbonyl (C=O) groups is 4. The van der Waals surface area contributed by atoms with Gasteiger partial charge in [-0.1, -0.05) is 80.6 Å². The maximum absolute atomic E-state index is 14.7. The number of benzene rings is 3. The highest BCUT2D eigenvalue weighted by Gasteiger charge is 2.71. The molecule has 3 aromatic carbocycles. The second kappa shape index (κ2) is 9.91. The lowest BCUT2D eigenvalue weighted by Crippen LogP contribution is -2.56. The first-order chi connectivity index (χ1) is 20.3. The van der Waals surface area contributed by atoms with E-state index in [0.717, 1.165) is 23.2 Å². The molecule has 1 spiro atoms. The van der Waals surface area contributed by atoms with Crippen molar-refractivity contribution in [3.63, 3.8) is 0 Å². The first kappa shape index (κ1) is 26.6. The summed E-state index contributed by atoms with van der Waals surface area (Å²) in [5.74, 6) is -2.40. The summed E-state index contributed by atoms with van der Waals surface area (Å²) < 4.78 is 0. The van der Waals surface area contributed by atoms with Crippen LogP contribution in [0.25, 0.3) is 0 Å². The van der Waals surface area contributed by atoms with E-state index in [-0.39, 0.29) is 48.7 Å². The molecule has 0 radical (unpaired) electrons. The van der Waals surface area contributed by atoms with Gasteiger partial charge in [0, 0.05) is 29.5 Å². The van der Waals surface area contributed by atoms with Crippen LogP contribution < -0.4 is 15.1 Å². The van der Waals surface area contributed by atoms with Crippen LogP contribution in [0.15, 0.2) is 78.9 Å². The van der Waals surface area contributed by atoms with Gasteiger partial charge in [-0.3, -0.25) is 29.4 Å². The fourth-order valence-electron chi connectivity index (χ4n) is 7.61. The number of carbonyl (C=O) groups excluding carboxylic acids is 4. The predicted octanol–water partition coefficient (Wildman–Crippen LogP) is 3.64. The van der Waals surface area contributed by atoms with Gasteiger partial charge in [-0.15, -0.1) is 0 Å². The van der Waals surface area contributed by atoms with Crippen LogP contribution in [0.3, 0.4) is 0 Å². The Kier molecular flexibility index (Phi) is 6.27. The fraction of sp³-hybridized carbons (Fsp3) is 0.353. The van der Waals surface area contributed by atoms with E-state index in [1.807, 2.05) is 78.9 Å². The minimum atomic E-state index is -1.41. The summed E-state index contributed by atoms with van der Waals surface area (Å²) in [4.78, 5) is 61.2. The molecule has 7 rings (SSSR count). The molecule has 2 fully saturated rings. The minimum absolute atomic E-state index is 0.143. The number of likely N-dealkylation sites (tertiary alicyclic amines) is 1. The second-order valence-corrected chi connectivity index (χ2v) is 12.3. The van der Waals surface area contributed by atoms with Crippen LogP contribution in [-0.4, -0.2) is 47.7 Å². The van der Waals surface area contributed by atoms with E-state index >= 15 is 0 Å². The Balaban J connectivity index is 1.27. The van der Waals surface area contributed by atoms with Gasteiger partial charge in [0.05, 0.1) is 18.4 Å². The minimum Gasteiger partial charge on any atom is -0.310 e. The molecule has 214 valence electrons. The van der Waals surface area contributed by atoms with Crippen LogP contribution in [0.5, 0.6) is 0 Å². The van der Waals surface area contributed by atoms with Gasteiger partial charge in [-0.05, 0) is 42.0 Å². The van der Waals surface area contributed by atoms with Crippen molar-refractivity contribution in [3.8, 4) is 0 Å². The van der Waals surface area contributed by atoms with Crippen LogP contribution in [0, 0.1) is 17.8 Å². The molecule has 1 N–H and O–H groups in total. The van der Waals surface area contributed by atoms with Crippen molar-refractivity contribution in [3.05, 3.63) is 95.6 Å². The number of nitrogens with zero attached hydrogens (tertiary/aromatic N) is 3. The summed E-state index contributed by atoms with van der Waals surface area (Å²) >= 11 is 0. The second-order valence-electron chi connectivity index (χ2n) is 12.3. The van der Waals surface area contributed by atoms with Crippen LogP contribution in [0.1, 0.15) is 37.0 Å². The van der Waals surface area contributed by atoms with Crippen LogP contribution in [0.4, 0.5) is 11.4 Å². The molecule has 0 unspecified atom stereocenters. The molecule has 2 saturated heterocycles. The molecule has 4 amide bonds. The van der Waals surface area contributed by atoms with Gasteiger partial charge in [-0.25, -0.2) is 0 Å². The van der Waals surface area contributed by atoms with Crippen LogP contribution in [-0.2, 0) is 37.7 Å². The number of hydrogen-bond acceptors (Lipinski definition) is 5. The van der Waals surface area contributed by atoms with E-state index in [1.165, 1.54) is 9.80 Å². The topological polar surface area (TPSA) is 90.0 Å². The molecular formula is C34H34N4O4. The van der Waals surface area contributed by atoms with Gasteiger partial charge < -0.3 is 9.80 Å². The average molecular weight is 563 g/mol. The van der Waals surface area contributed by atoms with Gasteiger partial charge >= 0.3 is 0 Å². The highest BCUT2D eigenvalue weighted by atomic mass is 16.2. The van der Waals surface area contributed by atoms with E-state index in [1.54, 1.807) is 4.90 Å². The van der Waals surface area contributed by atoms with Gasteiger partial charge in [-0.2, -0.15) is 0 Å². The van der Waals surface area contributed by atoms with Crippen molar-refractivity contribution >= 4 is 35.0 Å². The van der Waals surface area contributed by atoms with Gasteiger partial charge in [0.25, 0.3) is 5.91 Å². The third-order valence-corrected chi connectivity index (χ3v) is 9.35. The lowest BCUT2D eigenvalue weighted by atomic mass is 9.76. The maximum Gasteiger partial charge on any atom is 0.253 e. The Bertz CT molecular complexity index is 1600. The lowest BCUT2D eigenvalue weighted by Gasteiger charge is -2.31. The molecule has 8 heteroatoms.